The molecule has 0 saturated carbocycles. The molecule has 1 atom stereocenters. The van der Waals surface area contributed by atoms with Crippen LogP contribution in [0, 0.1) is 30.2 Å². The van der Waals surface area contributed by atoms with Crippen LogP contribution in [0.25, 0.3) is 0 Å². The molecule has 20 heavy (non-hydrogen) atoms. The minimum atomic E-state index is -1.33. The molecule has 0 bridgehead atoms. The van der Waals surface area contributed by atoms with Crippen molar-refractivity contribution in [1.82, 2.24) is 5.43 Å². The van der Waals surface area contributed by atoms with Crippen LogP contribution in [0.4, 0.5) is 17.6 Å². The van der Waals surface area contributed by atoms with Crippen LogP contribution >= 0.6 is 0 Å². The average molecular weight is 284 g/mol. The molecule has 0 aliphatic carbocycles. The summed E-state index contributed by atoms with van der Waals surface area (Å²) >= 11 is 0. The van der Waals surface area contributed by atoms with E-state index in [4.69, 9.17) is 5.84 Å². The molecule has 2 aromatic carbocycles. The quantitative estimate of drug-likeness (QED) is 0.516. The third-order valence-corrected chi connectivity index (χ3v) is 3.07. The van der Waals surface area contributed by atoms with E-state index >= 15 is 0 Å². The van der Waals surface area contributed by atoms with Crippen molar-refractivity contribution in [2.24, 2.45) is 5.84 Å². The Bertz CT molecular complexity index is 623. The largest absolute Gasteiger partial charge is 0.271 e. The lowest BCUT2D eigenvalue weighted by molar-refractivity contribution is 0.463. The van der Waals surface area contributed by atoms with Crippen molar-refractivity contribution in [2.75, 3.05) is 0 Å². The Hall–Kier alpha value is -1.92. The van der Waals surface area contributed by atoms with Crippen molar-refractivity contribution in [2.45, 2.75) is 13.0 Å². The number of hydrogen-bond donors (Lipinski definition) is 2. The summed E-state index contributed by atoms with van der Waals surface area (Å²) in [6.45, 7) is 1.39. The molecule has 3 N–H and O–H groups in total. The molecule has 1 unspecified atom stereocenters. The van der Waals surface area contributed by atoms with Gasteiger partial charge in [-0.1, -0.05) is 18.2 Å². The number of rotatable bonds is 3. The van der Waals surface area contributed by atoms with Crippen LogP contribution in [0.3, 0.4) is 0 Å². The maximum Gasteiger partial charge on any atom is 0.164 e. The third-order valence-electron chi connectivity index (χ3n) is 3.07. The van der Waals surface area contributed by atoms with Crippen LogP contribution in [0.5, 0.6) is 0 Å². The predicted molar refractivity (Wildman–Crippen MR) is 66.6 cm³/mol. The van der Waals surface area contributed by atoms with E-state index in [2.05, 4.69) is 5.43 Å². The molecule has 0 fully saturated rings. The van der Waals surface area contributed by atoms with Crippen LogP contribution in [0.2, 0.25) is 0 Å². The van der Waals surface area contributed by atoms with E-state index in [1.807, 2.05) is 0 Å². The summed E-state index contributed by atoms with van der Waals surface area (Å²) in [7, 11) is 0. The van der Waals surface area contributed by atoms with Gasteiger partial charge < -0.3 is 0 Å². The molecular weight excluding hydrogens is 272 g/mol. The van der Waals surface area contributed by atoms with Crippen LogP contribution in [-0.2, 0) is 0 Å². The molecule has 2 rings (SSSR count). The van der Waals surface area contributed by atoms with E-state index in [1.54, 1.807) is 0 Å². The van der Waals surface area contributed by atoms with Gasteiger partial charge in [0.05, 0.1) is 6.04 Å². The normalized spacial score (nSPS) is 12.5. The summed E-state index contributed by atoms with van der Waals surface area (Å²) in [6.07, 6.45) is 0. The second kappa shape index (κ2) is 5.60. The first-order valence-electron chi connectivity index (χ1n) is 5.82. The van der Waals surface area contributed by atoms with Gasteiger partial charge in [0, 0.05) is 11.1 Å². The van der Waals surface area contributed by atoms with Crippen LogP contribution in [0.15, 0.2) is 30.3 Å². The Morgan fingerprint density at radius 2 is 1.55 bits per heavy atom. The van der Waals surface area contributed by atoms with Gasteiger partial charge in [0.15, 0.2) is 11.6 Å². The van der Waals surface area contributed by atoms with Gasteiger partial charge in [-0.15, -0.1) is 0 Å². The van der Waals surface area contributed by atoms with E-state index in [0.29, 0.717) is 0 Å². The molecule has 0 aliphatic heterocycles. The highest BCUT2D eigenvalue weighted by atomic mass is 19.2. The SMILES string of the molecule is Cc1ccc(C(NN)c2c(F)cccc2F)c(F)c1F. The van der Waals surface area contributed by atoms with Crippen molar-refractivity contribution >= 4 is 0 Å². The van der Waals surface area contributed by atoms with E-state index in [0.717, 1.165) is 12.1 Å². The minimum absolute atomic E-state index is 0.0935. The lowest BCUT2D eigenvalue weighted by atomic mass is 9.96. The first-order chi connectivity index (χ1) is 9.47. The average Bonchev–Trinajstić information content (AvgIpc) is 2.42. The van der Waals surface area contributed by atoms with E-state index < -0.39 is 34.9 Å². The molecule has 0 amide bonds. The standard InChI is InChI=1S/C14H12F4N2/c1-7-5-6-8(13(18)12(7)17)14(20-19)11-9(15)3-2-4-10(11)16/h2-6,14,20H,19H2,1H3. The number of nitrogens with two attached hydrogens (primary N) is 1. The Balaban J connectivity index is 2.62. The zero-order chi connectivity index (χ0) is 14.9. The second-order valence-electron chi connectivity index (χ2n) is 4.33. The number of hydrazine groups is 1. The van der Waals surface area contributed by atoms with Crippen LogP contribution < -0.4 is 11.3 Å². The van der Waals surface area contributed by atoms with Gasteiger partial charge in [-0.2, -0.15) is 0 Å². The second-order valence-corrected chi connectivity index (χ2v) is 4.33. The van der Waals surface area contributed by atoms with Crippen molar-refractivity contribution in [3.05, 3.63) is 70.3 Å². The summed E-state index contributed by atoms with van der Waals surface area (Å²) in [4.78, 5) is 0. The molecular formula is C14H12F4N2. The maximum atomic E-state index is 13.9. The Morgan fingerprint density at radius 3 is 2.10 bits per heavy atom. The topological polar surface area (TPSA) is 38.0 Å². The molecule has 2 aromatic rings. The van der Waals surface area contributed by atoms with Crippen molar-refractivity contribution in [1.29, 1.82) is 0 Å². The number of benzene rings is 2. The smallest absolute Gasteiger partial charge is 0.164 e. The zero-order valence-corrected chi connectivity index (χ0v) is 10.6. The fourth-order valence-electron chi connectivity index (χ4n) is 2.00. The summed E-state index contributed by atoms with van der Waals surface area (Å²) in [5, 5.41) is 0. The number of hydrogen-bond acceptors (Lipinski definition) is 2. The molecule has 0 spiro atoms. The van der Waals surface area contributed by atoms with Crippen molar-refractivity contribution in [3.8, 4) is 0 Å². The molecule has 2 nitrogen and oxygen atoms in total. The van der Waals surface area contributed by atoms with E-state index in [-0.39, 0.29) is 11.1 Å². The zero-order valence-electron chi connectivity index (χ0n) is 10.6. The fourth-order valence-corrected chi connectivity index (χ4v) is 2.00. The lowest BCUT2D eigenvalue weighted by Gasteiger charge is -2.19. The number of aryl methyl sites for hydroxylation is 1. The molecule has 0 aliphatic rings. The summed E-state index contributed by atoms with van der Waals surface area (Å²) in [5.41, 5.74) is 1.49. The van der Waals surface area contributed by atoms with Gasteiger partial charge in [-0.3, -0.25) is 5.84 Å². The Kier molecular flexibility index (Phi) is 4.06. The lowest BCUT2D eigenvalue weighted by Crippen LogP contribution is -2.31. The fraction of sp³-hybridized carbons (Fsp3) is 0.143. The van der Waals surface area contributed by atoms with E-state index in [9.17, 15) is 17.6 Å². The van der Waals surface area contributed by atoms with Crippen LogP contribution in [0.1, 0.15) is 22.7 Å². The van der Waals surface area contributed by atoms with Gasteiger partial charge >= 0.3 is 0 Å². The molecule has 0 radical (unpaired) electrons. The first kappa shape index (κ1) is 14.5. The van der Waals surface area contributed by atoms with Crippen molar-refractivity contribution in [3.63, 3.8) is 0 Å². The molecule has 6 heteroatoms. The highest BCUT2D eigenvalue weighted by Crippen LogP contribution is 2.29. The number of nitrogens with one attached hydrogen (secondary N) is 1. The van der Waals surface area contributed by atoms with Gasteiger partial charge in [0.25, 0.3) is 0 Å². The van der Waals surface area contributed by atoms with Crippen molar-refractivity contribution < 1.29 is 17.6 Å². The Labute approximate surface area is 113 Å². The highest BCUT2D eigenvalue weighted by Gasteiger charge is 2.25. The highest BCUT2D eigenvalue weighted by molar-refractivity contribution is 5.36. The molecule has 0 saturated heterocycles. The summed E-state index contributed by atoms with van der Waals surface area (Å²) in [5.74, 6) is 1.21. The molecule has 0 heterocycles. The van der Waals surface area contributed by atoms with E-state index in [1.165, 1.54) is 25.1 Å². The monoisotopic (exact) mass is 284 g/mol. The summed E-state index contributed by atoms with van der Waals surface area (Å²) < 4.78 is 55.0. The number of halogens is 4. The van der Waals surface area contributed by atoms with Gasteiger partial charge in [0.1, 0.15) is 11.6 Å². The van der Waals surface area contributed by atoms with Gasteiger partial charge in [-0.05, 0) is 24.6 Å². The molecule has 0 aromatic heterocycles. The first-order valence-corrected chi connectivity index (χ1v) is 5.82. The Morgan fingerprint density at radius 1 is 0.950 bits per heavy atom. The third kappa shape index (κ3) is 2.39. The van der Waals surface area contributed by atoms with Gasteiger partial charge in [-0.25, -0.2) is 23.0 Å². The minimum Gasteiger partial charge on any atom is -0.271 e. The predicted octanol–water partition coefficient (Wildman–Crippen LogP) is 3.10. The maximum absolute atomic E-state index is 13.9. The van der Waals surface area contributed by atoms with Gasteiger partial charge in [0.2, 0.25) is 0 Å². The molecule has 106 valence electrons. The summed E-state index contributed by atoms with van der Waals surface area (Å²) in [6, 6.07) is 4.44. The van der Waals surface area contributed by atoms with Crippen LogP contribution in [-0.4, -0.2) is 0 Å².